The number of para-hydroxylation sites is 1. The van der Waals surface area contributed by atoms with Gasteiger partial charge in [-0.25, -0.2) is 0 Å². The van der Waals surface area contributed by atoms with Gasteiger partial charge < -0.3 is 15.8 Å². The highest BCUT2D eigenvalue weighted by atomic mass is 16.5. The maximum atomic E-state index is 12.1. The molecule has 2 aromatic rings. The average Bonchev–Trinajstić information content (AvgIpc) is 2.57. The van der Waals surface area contributed by atoms with Crippen molar-refractivity contribution in [2.75, 3.05) is 19.4 Å². The molecule has 3 N–H and O–H groups in total. The number of anilines is 1. The van der Waals surface area contributed by atoms with E-state index in [2.05, 4.69) is 12.2 Å². The standard InChI is InChI=1S/C20H26N2O2/c1-15(13-17-5-3-4-6-19(17)24-2)14-20(23)22-12-11-16-7-9-18(21)10-8-16/h3-10,15H,11-14,21H2,1-2H3,(H,22,23). The minimum atomic E-state index is 0.0906. The topological polar surface area (TPSA) is 64.3 Å². The molecule has 0 aliphatic heterocycles. The van der Waals surface area contributed by atoms with Crippen LogP contribution < -0.4 is 15.8 Å². The van der Waals surface area contributed by atoms with Crippen LogP contribution in [0.3, 0.4) is 0 Å². The summed E-state index contributed by atoms with van der Waals surface area (Å²) < 4.78 is 5.36. The van der Waals surface area contributed by atoms with Crippen LogP contribution in [0, 0.1) is 5.92 Å². The Kier molecular flexibility index (Phi) is 6.67. The van der Waals surface area contributed by atoms with Crippen molar-refractivity contribution >= 4 is 11.6 Å². The molecular weight excluding hydrogens is 300 g/mol. The molecule has 0 radical (unpaired) electrons. The fourth-order valence-corrected chi connectivity index (χ4v) is 2.74. The number of nitrogens with two attached hydrogens (primary N) is 1. The summed E-state index contributed by atoms with van der Waals surface area (Å²) in [5.41, 5.74) is 8.73. The molecule has 0 bridgehead atoms. The first-order valence-electron chi connectivity index (χ1n) is 8.31. The highest BCUT2D eigenvalue weighted by Crippen LogP contribution is 2.22. The summed E-state index contributed by atoms with van der Waals surface area (Å²) in [5.74, 6) is 1.23. The van der Waals surface area contributed by atoms with Crippen LogP contribution in [0.25, 0.3) is 0 Å². The molecule has 0 aliphatic carbocycles. The molecule has 1 amide bonds. The monoisotopic (exact) mass is 326 g/mol. The molecule has 0 heterocycles. The summed E-state index contributed by atoms with van der Waals surface area (Å²) in [6.07, 6.45) is 2.15. The van der Waals surface area contributed by atoms with E-state index in [-0.39, 0.29) is 11.8 Å². The third-order valence-corrected chi connectivity index (χ3v) is 4.01. The van der Waals surface area contributed by atoms with Crippen molar-refractivity contribution < 1.29 is 9.53 Å². The highest BCUT2D eigenvalue weighted by molar-refractivity contribution is 5.76. The second-order valence-electron chi connectivity index (χ2n) is 6.17. The van der Waals surface area contributed by atoms with Crippen molar-refractivity contribution in [3.63, 3.8) is 0 Å². The Hall–Kier alpha value is -2.49. The lowest BCUT2D eigenvalue weighted by molar-refractivity contribution is -0.121. The van der Waals surface area contributed by atoms with Gasteiger partial charge in [0.1, 0.15) is 5.75 Å². The molecule has 0 aliphatic rings. The molecule has 128 valence electrons. The number of carbonyl (C=O) groups is 1. The molecular formula is C20H26N2O2. The normalized spacial score (nSPS) is 11.8. The molecule has 24 heavy (non-hydrogen) atoms. The number of hydrogen-bond donors (Lipinski definition) is 2. The number of methoxy groups -OCH3 is 1. The molecule has 0 spiro atoms. The van der Waals surface area contributed by atoms with Crippen LogP contribution in [0.2, 0.25) is 0 Å². The van der Waals surface area contributed by atoms with Gasteiger partial charge in [0.05, 0.1) is 7.11 Å². The molecule has 1 unspecified atom stereocenters. The maximum absolute atomic E-state index is 12.1. The SMILES string of the molecule is COc1ccccc1CC(C)CC(=O)NCCc1ccc(N)cc1. The minimum absolute atomic E-state index is 0.0906. The van der Waals surface area contributed by atoms with Crippen LogP contribution >= 0.6 is 0 Å². The van der Waals surface area contributed by atoms with E-state index < -0.39 is 0 Å². The van der Waals surface area contributed by atoms with Gasteiger partial charge in [-0.1, -0.05) is 37.3 Å². The van der Waals surface area contributed by atoms with Crippen LogP contribution in [0.15, 0.2) is 48.5 Å². The van der Waals surface area contributed by atoms with E-state index in [1.807, 2.05) is 48.5 Å². The van der Waals surface area contributed by atoms with Crippen LogP contribution in [0.4, 0.5) is 5.69 Å². The molecule has 0 fully saturated rings. The Labute approximate surface area is 144 Å². The summed E-state index contributed by atoms with van der Waals surface area (Å²) in [4.78, 5) is 12.1. The number of hydrogen-bond acceptors (Lipinski definition) is 3. The van der Waals surface area contributed by atoms with Gasteiger partial charge in [0.2, 0.25) is 5.91 Å². The van der Waals surface area contributed by atoms with Gasteiger partial charge in [-0.2, -0.15) is 0 Å². The number of nitrogens with one attached hydrogen (secondary N) is 1. The van der Waals surface area contributed by atoms with Gasteiger partial charge in [-0.3, -0.25) is 4.79 Å². The quantitative estimate of drug-likeness (QED) is 0.732. The van der Waals surface area contributed by atoms with Gasteiger partial charge in [-0.05, 0) is 48.1 Å². The summed E-state index contributed by atoms with van der Waals surface area (Å²) >= 11 is 0. The average molecular weight is 326 g/mol. The van der Waals surface area contributed by atoms with E-state index in [0.717, 1.165) is 29.8 Å². The lowest BCUT2D eigenvalue weighted by atomic mass is 9.97. The van der Waals surface area contributed by atoms with Crippen LogP contribution in [-0.2, 0) is 17.6 Å². The summed E-state index contributed by atoms with van der Waals surface area (Å²) in [5, 5.41) is 2.99. The lowest BCUT2D eigenvalue weighted by Gasteiger charge is -2.14. The van der Waals surface area contributed by atoms with E-state index in [1.165, 1.54) is 5.56 Å². The number of ether oxygens (including phenoxy) is 1. The second kappa shape index (κ2) is 8.96. The molecule has 1 atom stereocenters. The van der Waals surface area contributed by atoms with Crippen molar-refractivity contribution in [2.45, 2.75) is 26.2 Å². The Morgan fingerprint density at radius 3 is 2.58 bits per heavy atom. The van der Waals surface area contributed by atoms with Gasteiger partial charge in [0.15, 0.2) is 0 Å². The van der Waals surface area contributed by atoms with Crippen LogP contribution in [-0.4, -0.2) is 19.6 Å². The van der Waals surface area contributed by atoms with E-state index >= 15 is 0 Å². The van der Waals surface area contributed by atoms with Gasteiger partial charge in [0, 0.05) is 18.7 Å². The highest BCUT2D eigenvalue weighted by Gasteiger charge is 2.12. The Bertz CT molecular complexity index is 653. The minimum Gasteiger partial charge on any atom is -0.496 e. The van der Waals surface area contributed by atoms with Crippen molar-refractivity contribution in [2.24, 2.45) is 5.92 Å². The number of carbonyl (C=O) groups excluding carboxylic acids is 1. The first kappa shape index (κ1) is 17.9. The van der Waals surface area contributed by atoms with E-state index in [0.29, 0.717) is 13.0 Å². The number of rotatable bonds is 8. The molecule has 4 nitrogen and oxygen atoms in total. The first-order chi connectivity index (χ1) is 11.6. The summed E-state index contributed by atoms with van der Waals surface area (Å²) in [7, 11) is 1.67. The Morgan fingerprint density at radius 1 is 1.17 bits per heavy atom. The number of nitrogen functional groups attached to an aromatic ring is 1. The molecule has 4 heteroatoms. The van der Waals surface area contributed by atoms with E-state index in [1.54, 1.807) is 7.11 Å². The predicted octanol–water partition coefficient (Wildman–Crippen LogP) is 3.21. The Balaban J connectivity index is 1.74. The molecule has 2 rings (SSSR count). The zero-order valence-corrected chi connectivity index (χ0v) is 14.4. The van der Waals surface area contributed by atoms with Crippen LogP contribution in [0.1, 0.15) is 24.5 Å². The third kappa shape index (κ3) is 5.61. The summed E-state index contributed by atoms with van der Waals surface area (Å²) in [6.45, 7) is 2.73. The van der Waals surface area contributed by atoms with Gasteiger partial charge in [0.25, 0.3) is 0 Å². The van der Waals surface area contributed by atoms with E-state index in [4.69, 9.17) is 10.5 Å². The smallest absolute Gasteiger partial charge is 0.220 e. The van der Waals surface area contributed by atoms with Gasteiger partial charge >= 0.3 is 0 Å². The third-order valence-electron chi connectivity index (χ3n) is 4.01. The van der Waals surface area contributed by atoms with Crippen LogP contribution in [0.5, 0.6) is 5.75 Å². The lowest BCUT2D eigenvalue weighted by Crippen LogP contribution is -2.27. The van der Waals surface area contributed by atoms with Gasteiger partial charge in [-0.15, -0.1) is 0 Å². The summed E-state index contributed by atoms with van der Waals surface area (Å²) in [6, 6.07) is 15.7. The zero-order chi connectivity index (χ0) is 17.4. The predicted molar refractivity (Wildman–Crippen MR) is 98.0 cm³/mol. The largest absolute Gasteiger partial charge is 0.496 e. The number of benzene rings is 2. The fraction of sp³-hybridized carbons (Fsp3) is 0.350. The number of amides is 1. The Morgan fingerprint density at radius 2 is 1.88 bits per heavy atom. The zero-order valence-electron chi connectivity index (χ0n) is 14.4. The van der Waals surface area contributed by atoms with Crippen molar-refractivity contribution in [1.82, 2.24) is 5.32 Å². The first-order valence-corrected chi connectivity index (χ1v) is 8.31. The fourth-order valence-electron chi connectivity index (χ4n) is 2.74. The van der Waals surface area contributed by atoms with Crippen molar-refractivity contribution in [1.29, 1.82) is 0 Å². The second-order valence-corrected chi connectivity index (χ2v) is 6.17. The van der Waals surface area contributed by atoms with E-state index in [9.17, 15) is 4.79 Å². The molecule has 0 aromatic heterocycles. The van der Waals surface area contributed by atoms with Crippen molar-refractivity contribution in [3.8, 4) is 5.75 Å². The van der Waals surface area contributed by atoms with Crippen molar-refractivity contribution in [3.05, 3.63) is 59.7 Å². The molecule has 2 aromatic carbocycles. The molecule has 0 saturated heterocycles. The molecule has 0 saturated carbocycles. The maximum Gasteiger partial charge on any atom is 0.220 e.